The summed E-state index contributed by atoms with van der Waals surface area (Å²) in [6, 6.07) is 6.95. The minimum absolute atomic E-state index is 0.145. The van der Waals surface area contributed by atoms with E-state index in [9.17, 15) is 13.2 Å². The van der Waals surface area contributed by atoms with Crippen LogP contribution in [-0.4, -0.2) is 47.0 Å². The number of aromatic nitrogens is 3. The molecule has 37 heavy (non-hydrogen) atoms. The zero-order valence-electron chi connectivity index (χ0n) is 21.8. The van der Waals surface area contributed by atoms with E-state index >= 15 is 0 Å². The maximum Gasteiger partial charge on any atom is 0.275 e. The van der Waals surface area contributed by atoms with Crippen molar-refractivity contribution in [1.82, 2.24) is 18.8 Å². The molecule has 0 spiro atoms. The van der Waals surface area contributed by atoms with Gasteiger partial charge in [0.15, 0.2) is 0 Å². The molecule has 0 unspecified atom stereocenters. The zero-order valence-corrected chi connectivity index (χ0v) is 22.6. The van der Waals surface area contributed by atoms with Crippen molar-refractivity contribution in [1.29, 1.82) is 5.26 Å². The van der Waals surface area contributed by atoms with Crippen LogP contribution in [0.5, 0.6) is 5.75 Å². The van der Waals surface area contributed by atoms with Gasteiger partial charge in [0.2, 0.25) is 10.0 Å². The molecule has 1 aromatic carbocycles. The van der Waals surface area contributed by atoms with Crippen LogP contribution >= 0.6 is 0 Å². The van der Waals surface area contributed by atoms with Gasteiger partial charge in [-0.3, -0.25) is 4.79 Å². The predicted molar refractivity (Wildman–Crippen MR) is 143 cm³/mol. The smallest absolute Gasteiger partial charge is 0.275 e. The number of nitriles is 1. The van der Waals surface area contributed by atoms with Gasteiger partial charge < -0.3 is 14.3 Å². The van der Waals surface area contributed by atoms with Crippen LogP contribution in [0.2, 0.25) is 0 Å². The molecule has 0 amide bonds. The highest BCUT2D eigenvalue weighted by Crippen LogP contribution is 2.34. The van der Waals surface area contributed by atoms with Crippen LogP contribution < -0.4 is 10.3 Å². The van der Waals surface area contributed by atoms with Crippen molar-refractivity contribution >= 4 is 21.1 Å². The Morgan fingerprint density at radius 1 is 1.22 bits per heavy atom. The maximum atomic E-state index is 13.6. The van der Waals surface area contributed by atoms with Gasteiger partial charge in [-0.15, -0.1) is 0 Å². The Balaban J connectivity index is 1.75. The number of H-pyrrole nitrogens is 1. The first-order chi connectivity index (χ1) is 17.8. The zero-order chi connectivity index (χ0) is 26.6. The molecule has 1 saturated heterocycles. The molecule has 3 aromatic rings. The molecule has 1 aliphatic rings. The van der Waals surface area contributed by atoms with Gasteiger partial charge in [0.25, 0.3) is 5.56 Å². The molecule has 0 atom stereocenters. The number of ether oxygens (including phenoxy) is 1. The number of sulfonamides is 1. The quantitative estimate of drug-likeness (QED) is 0.419. The highest BCUT2D eigenvalue weighted by Gasteiger charge is 2.30. The Bertz CT molecular complexity index is 1460. The van der Waals surface area contributed by atoms with Gasteiger partial charge in [0.1, 0.15) is 17.1 Å². The molecule has 1 fully saturated rings. The number of hydrogen-bond donors (Lipinski definition) is 1. The summed E-state index contributed by atoms with van der Waals surface area (Å²) >= 11 is 0. The molecule has 9 nitrogen and oxygen atoms in total. The number of aromatic amines is 1. The van der Waals surface area contributed by atoms with Crippen molar-refractivity contribution in [3.63, 3.8) is 0 Å². The molecule has 1 N–H and O–H groups in total. The van der Waals surface area contributed by atoms with Gasteiger partial charge in [-0.05, 0) is 61.8 Å². The molecule has 3 heterocycles. The Morgan fingerprint density at radius 2 is 1.97 bits per heavy atom. The van der Waals surface area contributed by atoms with Crippen LogP contribution in [-0.2, 0) is 23.5 Å². The minimum Gasteiger partial charge on any atom is -0.493 e. The molecule has 2 aromatic heterocycles. The SMILES string of the molecule is CCCOc1ccc(S(=O)(=O)N2CCC(CCC#N)CC2)cc1-c1nc2c(CCC)cn(C)c2c(=O)[nH]1. The molecule has 4 rings (SSSR count). The van der Waals surface area contributed by atoms with E-state index in [2.05, 4.69) is 18.0 Å². The van der Waals surface area contributed by atoms with E-state index in [0.717, 1.165) is 44.1 Å². The molecule has 0 radical (unpaired) electrons. The van der Waals surface area contributed by atoms with E-state index in [-0.39, 0.29) is 10.5 Å². The average molecular weight is 526 g/mol. The second-order valence-electron chi connectivity index (χ2n) is 9.68. The van der Waals surface area contributed by atoms with Crippen molar-refractivity contribution in [2.75, 3.05) is 19.7 Å². The summed E-state index contributed by atoms with van der Waals surface area (Å²) < 4.78 is 36.4. The summed E-state index contributed by atoms with van der Waals surface area (Å²) in [6.07, 6.45) is 7.19. The summed E-state index contributed by atoms with van der Waals surface area (Å²) in [6.45, 7) is 5.37. The van der Waals surface area contributed by atoms with E-state index in [4.69, 9.17) is 15.0 Å². The van der Waals surface area contributed by atoms with Gasteiger partial charge in [-0.25, -0.2) is 13.4 Å². The Labute approximate surface area is 218 Å². The summed E-state index contributed by atoms with van der Waals surface area (Å²) in [5, 5.41) is 8.85. The maximum absolute atomic E-state index is 13.6. The van der Waals surface area contributed by atoms with Crippen LogP contribution in [0.4, 0.5) is 0 Å². The molecule has 1 aliphatic heterocycles. The Hall–Kier alpha value is -3.16. The molecule has 0 bridgehead atoms. The first kappa shape index (κ1) is 26.9. The topological polar surface area (TPSA) is 121 Å². The second-order valence-corrected chi connectivity index (χ2v) is 11.6. The van der Waals surface area contributed by atoms with Gasteiger partial charge >= 0.3 is 0 Å². The van der Waals surface area contributed by atoms with Crippen molar-refractivity contribution in [2.24, 2.45) is 13.0 Å². The summed E-state index contributed by atoms with van der Waals surface area (Å²) in [5.74, 6) is 1.14. The van der Waals surface area contributed by atoms with Crippen LogP contribution in [0.25, 0.3) is 22.4 Å². The highest BCUT2D eigenvalue weighted by molar-refractivity contribution is 7.89. The fraction of sp³-hybridized carbons (Fsp3) is 0.519. The first-order valence-corrected chi connectivity index (χ1v) is 14.5. The number of nitrogens with zero attached hydrogens (tertiary/aromatic N) is 4. The number of piperidine rings is 1. The number of benzene rings is 1. The number of nitrogens with one attached hydrogen (secondary N) is 1. The number of hydrogen-bond acceptors (Lipinski definition) is 6. The fourth-order valence-electron chi connectivity index (χ4n) is 5.01. The van der Waals surface area contributed by atoms with Crippen molar-refractivity contribution in [3.05, 3.63) is 40.3 Å². The molecule has 0 aliphatic carbocycles. The average Bonchev–Trinajstić information content (AvgIpc) is 3.21. The number of aryl methyl sites for hydroxylation is 2. The molecule has 10 heteroatoms. The monoisotopic (exact) mass is 525 g/mol. The fourth-order valence-corrected chi connectivity index (χ4v) is 6.50. The van der Waals surface area contributed by atoms with Gasteiger partial charge in [-0.1, -0.05) is 20.3 Å². The van der Waals surface area contributed by atoms with Crippen LogP contribution in [0.3, 0.4) is 0 Å². The van der Waals surface area contributed by atoms with Gasteiger partial charge in [-0.2, -0.15) is 9.57 Å². The normalized spacial score (nSPS) is 15.2. The number of fused-ring (bicyclic) bond motifs is 1. The summed E-state index contributed by atoms with van der Waals surface area (Å²) in [5.41, 5.74) is 2.26. The lowest BCUT2D eigenvalue weighted by Gasteiger charge is -2.31. The molecular weight excluding hydrogens is 490 g/mol. The van der Waals surface area contributed by atoms with E-state index in [1.165, 1.54) is 4.31 Å². The highest BCUT2D eigenvalue weighted by atomic mass is 32.2. The van der Waals surface area contributed by atoms with E-state index < -0.39 is 10.0 Å². The summed E-state index contributed by atoms with van der Waals surface area (Å²) in [4.78, 5) is 20.9. The van der Waals surface area contributed by atoms with Crippen LogP contribution in [0.15, 0.2) is 34.1 Å². The lowest BCUT2D eigenvalue weighted by molar-refractivity contribution is 0.265. The van der Waals surface area contributed by atoms with Gasteiger partial charge in [0, 0.05) is 32.8 Å². The third kappa shape index (κ3) is 5.58. The second kappa shape index (κ2) is 11.5. The molecular formula is C27H35N5O4S. The van der Waals surface area contributed by atoms with Gasteiger partial charge in [0.05, 0.1) is 28.7 Å². The third-order valence-electron chi connectivity index (χ3n) is 6.96. The Kier molecular flexibility index (Phi) is 8.35. The van der Waals surface area contributed by atoms with Crippen LogP contribution in [0, 0.1) is 17.2 Å². The first-order valence-electron chi connectivity index (χ1n) is 13.0. The lowest BCUT2D eigenvalue weighted by Crippen LogP contribution is -2.38. The standard InChI is InChI=1S/C27H35N5O4S/c1-4-7-20-18-31(3)25-24(20)29-26(30-27(25)33)22-17-21(9-10-23(22)36-16-5-2)37(34,35)32-14-11-19(12-15-32)8-6-13-28/h9-10,17-19H,4-8,11-12,14-16H2,1-3H3,(H,29,30,33). The van der Waals surface area contributed by atoms with E-state index in [1.807, 2.05) is 20.2 Å². The lowest BCUT2D eigenvalue weighted by atomic mass is 9.93. The Morgan fingerprint density at radius 3 is 2.65 bits per heavy atom. The van der Waals surface area contributed by atoms with Crippen molar-refractivity contribution in [3.8, 4) is 23.2 Å². The number of rotatable bonds is 10. The summed E-state index contributed by atoms with van der Waals surface area (Å²) in [7, 11) is -1.93. The molecule has 198 valence electrons. The van der Waals surface area contributed by atoms with Crippen molar-refractivity contribution in [2.45, 2.75) is 63.7 Å². The van der Waals surface area contributed by atoms with Crippen molar-refractivity contribution < 1.29 is 13.2 Å². The predicted octanol–water partition coefficient (Wildman–Crippen LogP) is 4.37. The molecule has 0 saturated carbocycles. The third-order valence-corrected chi connectivity index (χ3v) is 8.86. The largest absolute Gasteiger partial charge is 0.493 e. The van der Waals surface area contributed by atoms with E-state index in [0.29, 0.717) is 60.2 Å². The minimum atomic E-state index is -3.75. The van der Waals surface area contributed by atoms with E-state index in [1.54, 1.807) is 22.8 Å². The van der Waals surface area contributed by atoms with Crippen LogP contribution in [0.1, 0.15) is 57.9 Å².